The zero-order chi connectivity index (χ0) is 15.2. The third-order valence-electron chi connectivity index (χ3n) is 3.75. The Bertz CT molecular complexity index is 595. The van der Waals surface area contributed by atoms with Gasteiger partial charge in [0.05, 0.1) is 0 Å². The van der Waals surface area contributed by atoms with E-state index in [4.69, 9.17) is 0 Å². The molecule has 0 saturated carbocycles. The summed E-state index contributed by atoms with van der Waals surface area (Å²) in [5.41, 5.74) is 8.41. The highest BCUT2D eigenvalue weighted by atomic mass is 15.4. The van der Waals surface area contributed by atoms with Gasteiger partial charge in [0, 0.05) is 48.8 Å². The van der Waals surface area contributed by atoms with Crippen LogP contribution in [0, 0.1) is 6.92 Å². The summed E-state index contributed by atoms with van der Waals surface area (Å²) in [7, 11) is 0. The Kier molecular flexibility index (Phi) is 4.92. The molecule has 0 bridgehead atoms. The van der Waals surface area contributed by atoms with Crippen molar-refractivity contribution in [1.82, 2.24) is 25.8 Å². The van der Waals surface area contributed by atoms with Crippen molar-refractivity contribution in [3.05, 3.63) is 36.3 Å². The van der Waals surface area contributed by atoms with Crippen molar-refractivity contribution >= 4 is 5.82 Å². The van der Waals surface area contributed by atoms with E-state index in [1.807, 2.05) is 25.1 Å². The van der Waals surface area contributed by atoms with Crippen LogP contribution >= 0.6 is 0 Å². The molecule has 1 aliphatic heterocycles. The van der Waals surface area contributed by atoms with Crippen LogP contribution in [0.1, 0.15) is 25.0 Å². The molecule has 1 fully saturated rings. The minimum Gasteiger partial charge on any atom is -0.370 e. The highest BCUT2D eigenvalue weighted by molar-refractivity contribution is 5.56. The fourth-order valence-corrected chi connectivity index (χ4v) is 2.61. The Morgan fingerprint density at radius 1 is 1.27 bits per heavy atom. The van der Waals surface area contributed by atoms with Crippen LogP contribution in [0.2, 0.25) is 0 Å². The van der Waals surface area contributed by atoms with Crippen LogP contribution in [0.4, 0.5) is 5.82 Å². The number of hydrogen-bond acceptors (Lipinski definition) is 6. The lowest BCUT2D eigenvalue weighted by Crippen LogP contribution is -2.30. The number of aryl methyl sites for hydroxylation is 1. The second-order valence-corrected chi connectivity index (χ2v) is 5.58. The van der Waals surface area contributed by atoms with E-state index in [0.29, 0.717) is 6.04 Å². The summed E-state index contributed by atoms with van der Waals surface area (Å²) in [6.45, 7) is 3.98. The highest BCUT2D eigenvalue weighted by Crippen LogP contribution is 2.17. The van der Waals surface area contributed by atoms with Gasteiger partial charge >= 0.3 is 0 Å². The molecule has 6 nitrogen and oxygen atoms in total. The first-order chi connectivity index (χ1) is 10.8. The monoisotopic (exact) mass is 298 g/mol. The normalized spacial score (nSPS) is 17.6. The molecule has 0 spiro atoms. The predicted octanol–water partition coefficient (Wildman–Crippen LogP) is 1.91. The van der Waals surface area contributed by atoms with E-state index in [9.17, 15) is 0 Å². The Labute approximate surface area is 130 Å². The molecule has 1 unspecified atom stereocenters. The minimum atomic E-state index is 0.598. The molecule has 1 atom stereocenters. The van der Waals surface area contributed by atoms with Crippen LogP contribution in [0.15, 0.2) is 30.6 Å². The molecule has 3 rings (SSSR count). The standard InChI is InChI=1S/C16H22N6/c1-12-11-15(18-7-2-3-14-6-10-19-22-14)21-16(20-12)13-4-8-17-9-5-13/h4-5,8-9,11,14,19,22H,2-3,6-7,10H2,1H3,(H,18,20,21). The van der Waals surface area contributed by atoms with Crippen molar-refractivity contribution < 1.29 is 0 Å². The lowest BCUT2D eigenvalue weighted by atomic mass is 10.1. The maximum Gasteiger partial charge on any atom is 0.161 e. The maximum absolute atomic E-state index is 4.60. The van der Waals surface area contributed by atoms with Gasteiger partial charge in [-0.3, -0.25) is 15.8 Å². The molecule has 1 aliphatic rings. The van der Waals surface area contributed by atoms with Crippen LogP contribution in [-0.2, 0) is 0 Å². The zero-order valence-electron chi connectivity index (χ0n) is 12.8. The number of aromatic nitrogens is 3. The summed E-state index contributed by atoms with van der Waals surface area (Å²) in [4.78, 5) is 13.1. The average molecular weight is 298 g/mol. The SMILES string of the molecule is Cc1cc(NCCCC2CCNN2)nc(-c2ccncc2)n1. The van der Waals surface area contributed by atoms with E-state index in [1.54, 1.807) is 12.4 Å². The molecule has 3 heterocycles. The third kappa shape index (κ3) is 3.99. The third-order valence-corrected chi connectivity index (χ3v) is 3.75. The fourth-order valence-electron chi connectivity index (χ4n) is 2.61. The second-order valence-electron chi connectivity index (χ2n) is 5.58. The lowest BCUT2D eigenvalue weighted by Gasteiger charge is -2.11. The summed E-state index contributed by atoms with van der Waals surface area (Å²) < 4.78 is 0. The van der Waals surface area contributed by atoms with E-state index >= 15 is 0 Å². The van der Waals surface area contributed by atoms with Gasteiger partial charge in [-0.15, -0.1) is 0 Å². The number of pyridine rings is 1. The van der Waals surface area contributed by atoms with Gasteiger partial charge in [0.1, 0.15) is 5.82 Å². The van der Waals surface area contributed by atoms with Crippen LogP contribution in [0.25, 0.3) is 11.4 Å². The van der Waals surface area contributed by atoms with Gasteiger partial charge in [-0.05, 0) is 38.3 Å². The number of nitrogens with zero attached hydrogens (tertiary/aromatic N) is 3. The number of rotatable bonds is 6. The van der Waals surface area contributed by atoms with Gasteiger partial charge in [-0.25, -0.2) is 9.97 Å². The predicted molar refractivity (Wildman–Crippen MR) is 87.3 cm³/mol. The molecular weight excluding hydrogens is 276 g/mol. The van der Waals surface area contributed by atoms with Crippen molar-refractivity contribution in [3.8, 4) is 11.4 Å². The summed E-state index contributed by atoms with van der Waals surface area (Å²) in [6, 6.07) is 6.44. The molecule has 3 N–H and O–H groups in total. The van der Waals surface area contributed by atoms with Gasteiger partial charge in [0.25, 0.3) is 0 Å². The molecule has 22 heavy (non-hydrogen) atoms. The van der Waals surface area contributed by atoms with Crippen LogP contribution in [-0.4, -0.2) is 34.1 Å². The van der Waals surface area contributed by atoms with Gasteiger partial charge in [0.15, 0.2) is 5.82 Å². The molecule has 0 aliphatic carbocycles. The van der Waals surface area contributed by atoms with Crippen molar-refractivity contribution in [2.45, 2.75) is 32.2 Å². The van der Waals surface area contributed by atoms with Gasteiger partial charge < -0.3 is 5.32 Å². The minimum absolute atomic E-state index is 0.598. The molecule has 6 heteroatoms. The number of anilines is 1. The molecule has 0 radical (unpaired) electrons. The molecule has 116 valence electrons. The van der Waals surface area contributed by atoms with Crippen molar-refractivity contribution in [3.63, 3.8) is 0 Å². The van der Waals surface area contributed by atoms with Crippen LogP contribution in [0.3, 0.4) is 0 Å². The molecule has 1 saturated heterocycles. The first-order valence-corrected chi connectivity index (χ1v) is 7.79. The lowest BCUT2D eigenvalue weighted by molar-refractivity contribution is 0.511. The largest absolute Gasteiger partial charge is 0.370 e. The Morgan fingerprint density at radius 2 is 2.14 bits per heavy atom. The van der Waals surface area contributed by atoms with E-state index in [-0.39, 0.29) is 0 Å². The first-order valence-electron chi connectivity index (χ1n) is 7.79. The zero-order valence-corrected chi connectivity index (χ0v) is 12.8. The molecule has 0 aromatic carbocycles. The topological polar surface area (TPSA) is 74.8 Å². The summed E-state index contributed by atoms with van der Waals surface area (Å²) in [6.07, 6.45) is 7.01. The molecule has 2 aromatic heterocycles. The Balaban J connectivity index is 1.58. The first kappa shape index (κ1) is 14.9. The average Bonchev–Trinajstić information content (AvgIpc) is 3.05. The van der Waals surface area contributed by atoms with Crippen LogP contribution < -0.4 is 16.2 Å². The molecule has 0 amide bonds. The van der Waals surface area contributed by atoms with Gasteiger partial charge in [-0.1, -0.05) is 0 Å². The number of hydrogen-bond donors (Lipinski definition) is 3. The molecular formula is C16H22N6. The van der Waals surface area contributed by atoms with Crippen molar-refractivity contribution in [2.24, 2.45) is 0 Å². The van der Waals surface area contributed by atoms with E-state index in [2.05, 4.69) is 31.1 Å². The summed E-state index contributed by atoms with van der Waals surface area (Å²) in [5.74, 6) is 1.63. The smallest absolute Gasteiger partial charge is 0.161 e. The summed E-state index contributed by atoms with van der Waals surface area (Å²) in [5, 5.41) is 3.40. The molecule has 2 aromatic rings. The Hall–Kier alpha value is -2.05. The van der Waals surface area contributed by atoms with Crippen molar-refractivity contribution in [2.75, 3.05) is 18.4 Å². The quantitative estimate of drug-likeness (QED) is 0.707. The number of nitrogens with one attached hydrogen (secondary N) is 3. The summed E-state index contributed by atoms with van der Waals surface area (Å²) >= 11 is 0. The van der Waals surface area contributed by atoms with Crippen LogP contribution in [0.5, 0.6) is 0 Å². The maximum atomic E-state index is 4.60. The van der Waals surface area contributed by atoms with E-state index in [0.717, 1.165) is 42.4 Å². The fraction of sp³-hybridized carbons (Fsp3) is 0.438. The van der Waals surface area contributed by atoms with Gasteiger partial charge in [-0.2, -0.15) is 0 Å². The second kappa shape index (κ2) is 7.29. The highest BCUT2D eigenvalue weighted by Gasteiger charge is 2.12. The van der Waals surface area contributed by atoms with Crippen molar-refractivity contribution in [1.29, 1.82) is 0 Å². The number of hydrazine groups is 1. The van der Waals surface area contributed by atoms with Gasteiger partial charge in [0.2, 0.25) is 0 Å². The van der Waals surface area contributed by atoms with E-state index in [1.165, 1.54) is 12.8 Å². The van der Waals surface area contributed by atoms with E-state index < -0.39 is 0 Å². The Morgan fingerprint density at radius 3 is 2.91 bits per heavy atom.